The minimum absolute atomic E-state index is 0.302. The van der Waals surface area contributed by atoms with Gasteiger partial charge in [-0.05, 0) is 25.2 Å². The molecule has 0 aromatic carbocycles. The zero-order valence-electron chi connectivity index (χ0n) is 17.1. The maximum Gasteiger partial charge on any atom is 0.332 e. The summed E-state index contributed by atoms with van der Waals surface area (Å²) in [5.41, 5.74) is 0.276. The Hall–Kier alpha value is -1.93. The van der Waals surface area contributed by atoms with Crippen LogP contribution in [0.5, 0.6) is 0 Å². The average Bonchev–Trinajstić information content (AvgIpc) is 2.96. The molecular formula is C19H31N5O3. The average molecular weight is 377 g/mol. The summed E-state index contributed by atoms with van der Waals surface area (Å²) >= 11 is 0. The molecule has 8 nitrogen and oxygen atoms in total. The summed E-state index contributed by atoms with van der Waals surface area (Å²) in [6.07, 6.45) is 1.24. The predicted molar refractivity (Wildman–Crippen MR) is 105 cm³/mol. The third-order valence-corrected chi connectivity index (χ3v) is 5.40. The SMILES string of the molecule is CCOCCn1c(CN2CC(C)CC(C)C2)nc2c1c(=O)n(C)c(=O)n2C. The van der Waals surface area contributed by atoms with Crippen LogP contribution in [0.1, 0.15) is 33.0 Å². The molecule has 2 aromatic heterocycles. The molecule has 0 radical (unpaired) electrons. The summed E-state index contributed by atoms with van der Waals surface area (Å²) in [5, 5.41) is 0. The first-order valence-corrected chi connectivity index (χ1v) is 9.78. The van der Waals surface area contributed by atoms with Gasteiger partial charge in [-0.3, -0.25) is 18.8 Å². The van der Waals surface area contributed by atoms with Crippen LogP contribution in [0.25, 0.3) is 11.2 Å². The first-order valence-electron chi connectivity index (χ1n) is 9.78. The van der Waals surface area contributed by atoms with Crippen molar-refractivity contribution in [3.05, 3.63) is 26.7 Å². The molecule has 1 aliphatic heterocycles. The van der Waals surface area contributed by atoms with Gasteiger partial charge in [0.1, 0.15) is 5.82 Å². The van der Waals surface area contributed by atoms with E-state index in [1.165, 1.54) is 18.0 Å². The van der Waals surface area contributed by atoms with Gasteiger partial charge in [-0.1, -0.05) is 13.8 Å². The number of hydrogen-bond acceptors (Lipinski definition) is 5. The van der Waals surface area contributed by atoms with Gasteiger partial charge < -0.3 is 9.30 Å². The second kappa shape index (κ2) is 7.98. The summed E-state index contributed by atoms with van der Waals surface area (Å²) in [5.74, 6) is 2.11. The number of hydrogen-bond donors (Lipinski definition) is 0. The standard InChI is InChI=1S/C19H31N5O3/c1-6-27-8-7-24-15(12-23-10-13(2)9-14(3)11-23)20-17-16(24)18(25)22(5)19(26)21(17)4/h13-14H,6-12H2,1-5H3. The lowest BCUT2D eigenvalue weighted by molar-refractivity contribution is 0.124. The Bertz CT molecular complexity index is 916. The van der Waals surface area contributed by atoms with E-state index in [-0.39, 0.29) is 11.2 Å². The summed E-state index contributed by atoms with van der Waals surface area (Å²) in [6, 6.07) is 0. The third-order valence-electron chi connectivity index (χ3n) is 5.40. The molecule has 0 saturated carbocycles. The molecule has 3 rings (SSSR count). The van der Waals surface area contributed by atoms with Crippen LogP contribution in [-0.4, -0.2) is 49.9 Å². The van der Waals surface area contributed by atoms with Crippen molar-refractivity contribution >= 4 is 11.2 Å². The van der Waals surface area contributed by atoms with Gasteiger partial charge >= 0.3 is 5.69 Å². The van der Waals surface area contributed by atoms with E-state index in [1.807, 2.05) is 11.5 Å². The van der Waals surface area contributed by atoms with Gasteiger partial charge in [-0.2, -0.15) is 0 Å². The molecule has 0 spiro atoms. The highest BCUT2D eigenvalue weighted by molar-refractivity contribution is 5.71. The van der Waals surface area contributed by atoms with Crippen molar-refractivity contribution in [3.63, 3.8) is 0 Å². The van der Waals surface area contributed by atoms with Gasteiger partial charge in [0.15, 0.2) is 11.2 Å². The van der Waals surface area contributed by atoms with Crippen molar-refractivity contribution in [3.8, 4) is 0 Å². The van der Waals surface area contributed by atoms with Crippen LogP contribution in [0.4, 0.5) is 0 Å². The second-order valence-corrected chi connectivity index (χ2v) is 7.89. The number of piperidine rings is 1. The highest BCUT2D eigenvalue weighted by Gasteiger charge is 2.25. The zero-order valence-corrected chi connectivity index (χ0v) is 17.1. The summed E-state index contributed by atoms with van der Waals surface area (Å²) in [6.45, 7) is 10.9. The fraction of sp³-hybridized carbons (Fsp3) is 0.737. The van der Waals surface area contributed by atoms with E-state index in [4.69, 9.17) is 9.72 Å². The molecule has 150 valence electrons. The number of aryl methyl sites for hydroxylation is 1. The van der Waals surface area contributed by atoms with Gasteiger partial charge in [-0.15, -0.1) is 0 Å². The zero-order chi connectivity index (χ0) is 19.7. The van der Waals surface area contributed by atoms with E-state index in [0.717, 1.165) is 23.5 Å². The number of ether oxygens (including phenoxy) is 1. The Balaban J connectivity index is 2.06. The van der Waals surface area contributed by atoms with Crippen LogP contribution >= 0.6 is 0 Å². The number of aromatic nitrogens is 4. The lowest BCUT2D eigenvalue weighted by Crippen LogP contribution is -2.39. The molecule has 1 fully saturated rings. The van der Waals surface area contributed by atoms with Crippen LogP contribution in [-0.2, 0) is 31.9 Å². The molecule has 3 heterocycles. The van der Waals surface area contributed by atoms with Crippen LogP contribution in [0.2, 0.25) is 0 Å². The maximum absolute atomic E-state index is 12.8. The molecule has 2 unspecified atom stereocenters. The molecule has 0 N–H and O–H groups in total. The lowest BCUT2D eigenvalue weighted by Gasteiger charge is -2.34. The first kappa shape index (κ1) is 19.8. The minimum Gasteiger partial charge on any atom is -0.380 e. The number of imidazole rings is 1. The monoisotopic (exact) mass is 377 g/mol. The topological polar surface area (TPSA) is 74.3 Å². The third kappa shape index (κ3) is 3.87. The molecule has 1 saturated heterocycles. The van der Waals surface area contributed by atoms with E-state index < -0.39 is 0 Å². The Kier molecular flexibility index (Phi) is 5.86. The molecule has 0 bridgehead atoms. The lowest BCUT2D eigenvalue weighted by atomic mass is 9.92. The fourth-order valence-electron chi connectivity index (χ4n) is 4.27. The molecular weight excluding hydrogens is 346 g/mol. The number of nitrogens with zero attached hydrogens (tertiary/aromatic N) is 5. The second-order valence-electron chi connectivity index (χ2n) is 7.89. The summed E-state index contributed by atoms with van der Waals surface area (Å²) < 4.78 is 10.1. The first-order chi connectivity index (χ1) is 12.8. The van der Waals surface area contributed by atoms with Gasteiger partial charge in [0.05, 0.1) is 13.2 Å². The molecule has 2 aromatic rings. The predicted octanol–water partition coefficient (Wildman–Crippen LogP) is 0.948. The van der Waals surface area contributed by atoms with Crippen molar-refractivity contribution in [2.24, 2.45) is 25.9 Å². The Morgan fingerprint density at radius 3 is 2.41 bits per heavy atom. The fourth-order valence-corrected chi connectivity index (χ4v) is 4.27. The minimum atomic E-state index is -0.353. The van der Waals surface area contributed by atoms with Gasteiger partial charge in [0.25, 0.3) is 5.56 Å². The van der Waals surface area contributed by atoms with Gasteiger partial charge in [-0.25, -0.2) is 9.78 Å². The molecule has 0 amide bonds. The van der Waals surface area contributed by atoms with Crippen molar-refractivity contribution in [1.29, 1.82) is 0 Å². The molecule has 1 aliphatic rings. The largest absolute Gasteiger partial charge is 0.380 e. The normalized spacial score (nSPS) is 21.2. The van der Waals surface area contributed by atoms with Gasteiger partial charge in [0, 0.05) is 40.3 Å². The maximum atomic E-state index is 12.8. The number of likely N-dealkylation sites (tertiary alicyclic amines) is 1. The van der Waals surface area contributed by atoms with Crippen LogP contribution in [0, 0.1) is 11.8 Å². The van der Waals surface area contributed by atoms with Crippen molar-refractivity contribution in [2.45, 2.75) is 40.3 Å². The van der Waals surface area contributed by atoms with Crippen molar-refractivity contribution < 1.29 is 4.74 Å². The molecule has 8 heteroatoms. The van der Waals surface area contributed by atoms with Crippen LogP contribution in [0.15, 0.2) is 9.59 Å². The van der Waals surface area contributed by atoms with E-state index in [2.05, 4.69) is 18.7 Å². The molecule has 2 atom stereocenters. The van der Waals surface area contributed by atoms with Gasteiger partial charge in [0.2, 0.25) is 0 Å². The Morgan fingerprint density at radius 1 is 1.11 bits per heavy atom. The summed E-state index contributed by atoms with van der Waals surface area (Å²) in [7, 11) is 3.18. The van der Waals surface area contributed by atoms with E-state index in [1.54, 1.807) is 7.05 Å². The van der Waals surface area contributed by atoms with E-state index >= 15 is 0 Å². The van der Waals surface area contributed by atoms with Crippen molar-refractivity contribution in [2.75, 3.05) is 26.3 Å². The quantitative estimate of drug-likeness (QED) is 0.701. The van der Waals surface area contributed by atoms with E-state index in [9.17, 15) is 9.59 Å². The Labute approximate surface area is 159 Å². The van der Waals surface area contributed by atoms with E-state index in [0.29, 0.717) is 49.3 Å². The number of fused-ring (bicyclic) bond motifs is 1. The smallest absolute Gasteiger partial charge is 0.332 e. The summed E-state index contributed by atoms with van der Waals surface area (Å²) in [4.78, 5) is 32.2. The highest BCUT2D eigenvalue weighted by Crippen LogP contribution is 2.23. The van der Waals surface area contributed by atoms with Crippen molar-refractivity contribution in [1.82, 2.24) is 23.6 Å². The molecule has 27 heavy (non-hydrogen) atoms. The van der Waals surface area contributed by atoms with Crippen LogP contribution in [0.3, 0.4) is 0 Å². The van der Waals surface area contributed by atoms with Crippen LogP contribution < -0.4 is 11.2 Å². The Morgan fingerprint density at radius 2 is 1.78 bits per heavy atom. The molecule has 0 aliphatic carbocycles. The highest BCUT2D eigenvalue weighted by atomic mass is 16.5. The number of rotatable bonds is 6.